The largest absolute Gasteiger partial charge is 0.372 e. The first-order valence-electron chi connectivity index (χ1n) is 17.4. The number of benzene rings is 2. The average Bonchev–Trinajstić information content (AvgIpc) is 3.64. The van der Waals surface area contributed by atoms with E-state index in [1.165, 1.54) is 16.8 Å². The van der Waals surface area contributed by atoms with Crippen molar-refractivity contribution in [3.63, 3.8) is 0 Å². The number of rotatable bonds is 7. The van der Waals surface area contributed by atoms with E-state index in [2.05, 4.69) is 61.6 Å². The lowest BCUT2D eigenvalue weighted by Gasteiger charge is -2.34. The molecule has 0 bridgehead atoms. The van der Waals surface area contributed by atoms with Gasteiger partial charge >= 0.3 is 0 Å². The van der Waals surface area contributed by atoms with Gasteiger partial charge in [-0.2, -0.15) is 5.10 Å². The highest BCUT2D eigenvalue weighted by atomic mass is 16.2. The molecule has 0 spiro atoms. The summed E-state index contributed by atoms with van der Waals surface area (Å²) in [6, 6.07) is 14.8. The first kappa shape index (κ1) is 30.7. The number of likely N-dealkylation sites (tertiary alicyclic amines) is 1. The molecule has 0 radical (unpaired) electrons. The first-order valence-corrected chi connectivity index (χ1v) is 17.4. The van der Waals surface area contributed by atoms with Crippen LogP contribution < -0.4 is 10.2 Å². The van der Waals surface area contributed by atoms with Crippen molar-refractivity contribution >= 4 is 34.4 Å². The van der Waals surface area contributed by atoms with Gasteiger partial charge in [0.05, 0.1) is 12.4 Å². The van der Waals surface area contributed by atoms with Gasteiger partial charge in [0.2, 0.25) is 11.8 Å². The molecule has 4 aromatic rings. The molecule has 1 unspecified atom stereocenters. The third kappa shape index (κ3) is 6.07. The highest BCUT2D eigenvalue weighted by Crippen LogP contribution is 2.34. The molecule has 248 valence electrons. The van der Waals surface area contributed by atoms with Crippen LogP contribution in [-0.4, -0.2) is 79.5 Å². The van der Waals surface area contributed by atoms with Crippen LogP contribution in [0.1, 0.15) is 77.3 Å². The third-order valence-corrected chi connectivity index (χ3v) is 10.9. The van der Waals surface area contributed by atoms with Crippen molar-refractivity contribution in [3.8, 4) is 0 Å². The van der Waals surface area contributed by atoms with Gasteiger partial charge in [-0.25, -0.2) is 9.97 Å². The van der Waals surface area contributed by atoms with E-state index in [0.29, 0.717) is 30.4 Å². The van der Waals surface area contributed by atoms with Gasteiger partial charge in [0.1, 0.15) is 22.9 Å². The number of fused-ring (bicyclic) bond motifs is 2. The fourth-order valence-electron chi connectivity index (χ4n) is 8.07. The normalized spacial score (nSPS) is 21.3. The minimum Gasteiger partial charge on any atom is -0.372 e. The second-order valence-electron chi connectivity index (χ2n) is 14.0. The molecule has 1 atom stereocenters. The molecule has 1 N–H and O–H groups in total. The summed E-state index contributed by atoms with van der Waals surface area (Å²) in [6.45, 7) is 5.57. The molecule has 3 saturated heterocycles. The second-order valence-corrected chi connectivity index (χ2v) is 14.0. The van der Waals surface area contributed by atoms with Crippen LogP contribution in [0.5, 0.6) is 0 Å². The van der Waals surface area contributed by atoms with Gasteiger partial charge in [-0.1, -0.05) is 24.3 Å². The zero-order chi connectivity index (χ0) is 32.8. The second kappa shape index (κ2) is 12.8. The average molecular weight is 647 g/mol. The van der Waals surface area contributed by atoms with Gasteiger partial charge in [-0.3, -0.25) is 29.3 Å². The molecule has 2 aromatic heterocycles. The minimum atomic E-state index is -0.573. The molecule has 4 aliphatic rings. The van der Waals surface area contributed by atoms with E-state index in [1.54, 1.807) is 4.90 Å². The lowest BCUT2D eigenvalue weighted by molar-refractivity contribution is -0.136. The predicted octanol–water partition coefficient (Wildman–Crippen LogP) is 3.96. The van der Waals surface area contributed by atoms with E-state index < -0.39 is 6.04 Å². The van der Waals surface area contributed by atoms with E-state index in [1.807, 2.05) is 30.2 Å². The van der Waals surface area contributed by atoms with E-state index in [-0.39, 0.29) is 24.1 Å². The molecule has 2 aromatic carbocycles. The van der Waals surface area contributed by atoms with Gasteiger partial charge in [0.25, 0.3) is 5.91 Å². The minimum absolute atomic E-state index is 0.110. The van der Waals surface area contributed by atoms with E-state index >= 15 is 0 Å². The van der Waals surface area contributed by atoms with Crippen LogP contribution in [0.4, 0.5) is 5.69 Å². The number of amides is 3. The number of hydrogen-bond acceptors (Lipinski definition) is 8. The predicted molar refractivity (Wildman–Crippen MR) is 181 cm³/mol. The Morgan fingerprint density at radius 1 is 0.896 bits per heavy atom. The summed E-state index contributed by atoms with van der Waals surface area (Å²) in [7, 11) is 1.92. The molecular weight excluding hydrogens is 604 g/mol. The number of nitrogens with zero attached hydrogens (tertiary/aromatic N) is 7. The first-order chi connectivity index (χ1) is 23.4. The number of nitrogens with one attached hydrogen (secondary N) is 1. The number of carbonyl (C=O) groups excluding carboxylic acids is 3. The summed E-state index contributed by atoms with van der Waals surface area (Å²) < 4.78 is 1.81. The topological polar surface area (TPSA) is 117 Å². The van der Waals surface area contributed by atoms with Crippen molar-refractivity contribution in [1.82, 2.24) is 34.9 Å². The lowest BCUT2D eigenvalue weighted by atomic mass is 9.87. The number of piperidine rings is 3. The Morgan fingerprint density at radius 2 is 1.69 bits per heavy atom. The fraction of sp³-hybridized carbons (Fsp3) is 0.459. The zero-order valence-corrected chi connectivity index (χ0v) is 27.5. The van der Waals surface area contributed by atoms with Crippen molar-refractivity contribution in [1.29, 1.82) is 0 Å². The van der Waals surface area contributed by atoms with Crippen molar-refractivity contribution < 1.29 is 14.4 Å². The molecule has 48 heavy (non-hydrogen) atoms. The standard InChI is InChI=1S/C37H42N8O3/c1-42-33-21-38-34(40-31(33)20-39-42)18-24-10-16-44(17-11-24)29-5-2-25(3-6-29)22-43-14-12-26(13-15-43)27-4-7-30-28(19-27)23-45(37(30)48)32-8-9-35(46)41-36(32)47/h2-7,19-21,24,26,32H,8-18,22-23H2,1H3,(H,41,46,47). The maximum Gasteiger partial charge on any atom is 0.255 e. The third-order valence-electron chi connectivity index (χ3n) is 10.9. The lowest BCUT2D eigenvalue weighted by Crippen LogP contribution is -2.52. The number of carbonyl (C=O) groups is 3. The van der Waals surface area contributed by atoms with Crippen molar-refractivity contribution in [2.45, 2.75) is 70.0 Å². The molecule has 6 heterocycles. The number of imide groups is 1. The van der Waals surface area contributed by atoms with Gasteiger partial charge in [-0.05, 0) is 91.9 Å². The van der Waals surface area contributed by atoms with Crippen LogP contribution in [0.2, 0.25) is 0 Å². The van der Waals surface area contributed by atoms with Crippen LogP contribution in [0, 0.1) is 5.92 Å². The Morgan fingerprint density at radius 3 is 2.46 bits per heavy atom. The van der Waals surface area contributed by atoms with Crippen LogP contribution in [0.3, 0.4) is 0 Å². The van der Waals surface area contributed by atoms with Gasteiger partial charge in [-0.15, -0.1) is 0 Å². The highest BCUT2D eigenvalue weighted by Gasteiger charge is 2.39. The van der Waals surface area contributed by atoms with Gasteiger partial charge in [0, 0.05) is 57.3 Å². The Kier molecular flexibility index (Phi) is 8.15. The molecule has 0 aliphatic carbocycles. The molecule has 11 nitrogen and oxygen atoms in total. The quantitative estimate of drug-likeness (QED) is 0.300. The van der Waals surface area contributed by atoms with E-state index in [0.717, 1.165) is 87.2 Å². The van der Waals surface area contributed by atoms with Crippen LogP contribution in [-0.2, 0) is 36.1 Å². The van der Waals surface area contributed by atoms with Crippen LogP contribution >= 0.6 is 0 Å². The SMILES string of the molecule is Cn1ncc2nc(CC3CCN(c4ccc(CN5CCC(c6ccc7c(c6)CN(C6CCC(=O)NC6=O)C7=O)CC5)cc4)CC3)ncc21. The summed E-state index contributed by atoms with van der Waals surface area (Å²) in [6.07, 6.45) is 9.73. The summed E-state index contributed by atoms with van der Waals surface area (Å²) in [4.78, 5) is 53.1. The number of aromatic nitrogens is 4. The van der Waals surface area contributed by atoms with E-state index in [9.17, 15) is 14.4 Å². The maximum atomic E-state index is 13.1. The summed E-state index contributed by atoms with van der Waals surface area (Å²) in [5.41, 5.74) is 7.49. The van der Waals surface area contributed by atoms with E-state index in [4.69, 9.17) is 4.98 Å². The maximum absolute atomic E-state index is 13.1. The Labute approximate surface area is 280 Å². The number of anilines is 1. The molecule has 3 fully saturated rings. The molecule has 11 heteroatoms. The van der Waals surface area contributed by atoms with Crippen LogP contribution in [0.25, 0.3) is 11.0 Å². The molecule has 0 saturated carbocycles. The molecular formula is C37H42N8O3. The molecule has 4 aliphatic heterocycles. The van der Waals surface area contributed by atoms with Crippen LogP contribution in [0.15, 0.2) is 54.9 Å². The zero-order valence-electron chi connectivity index (χ0n) is 27.5. The number of hydrogen-bond donors (Lipinski definition) is 1. The van der Waals surface area contributed by atoms with Gasteiger partial charge < -0.3 is 9.80 Å². The number of aryl methyl sites for hydroxylation is 1. The molecule has 8 rings (SSSR count). The smallest absolute Gasteiger partial charge is 0.255 e. The summed E-state index contributed by atoms with van der Waals surface area (Å²) in [5, 5.41) is 6.67. The Bertz CT molecular complexity index is 1850. The fourth-order valence-corrected chi connectivity index (χ4v) is 8.07. The Balaban J connectivity index is 0.805. The molecule has 3 amide bonds. The van der Waals surface area contributed by atoms with Crippen molar-refractivity contribution in [2.24, 2.45) is 13.0 Å². The summed E-state index contributed by atoms with van der Waals surface area (Å²) >= 11 is 0. The van der Waals surface area contributed by atoms with Crippen molar-refractivity contribution in [3.05, 3.63) is 82.9 Å². The Hall–Kier alpha value is -4.64. The van der Waals surface area contributed by atoms with Gasteiger partial charge in [0.15, 0.2) is 0 Å². The van der Waals surface area contributed by atoms with Crippen molar-refractivity contribution in [2.75, 3.05) is 31.1 Å². The summed E-state index contributed by atoms with van der Waals surface area (Å²) in [5.74, 6) is 1.25. The monoisotopic (exact) mass is 646 g/mol. The highest BCUT2D eigenvalue weighted by molar-refractivity contribution is 6.05.